The zero-order valence-electron chi connectivity index (χ0n) is 10.4. The number of nitrogens with one attached hydrogen (secondary N) is 1. The maximum absolute atomic E-state index is 12.7. The number of nitrogens with zero attached hydrogens (tertiary/aromatic N) is 1. The lowest BCUT2D eigenvalue weighted by molar-refractivity contribution is 0.0942. The fourth-order valence-electron chi connectivity index (χ4n) is 1.59. The normalized spacial score (nSPS) is 10.0. The number of carbonyl (C=O) groups excluding carboxylic acids is 1. The lowest BCUT2D eigenvalue weighted by atomic mass is 10.2. The van der Waals surface area contributed by atoms with Crippen molar-refractivity contribution >= 4 is 5.91 Å². The highest BCUT2D eigenvalue weighted by atomic mass is 19.1. The second kappa shape index (κ2) is 5.95. The van der Waals surface area contributed by atoms with Gasteiger partial charge in [0.2, 0.25) is 0 Å². The summed E-state index contributed by atoms with van der Waals surface area (Å²) < 4.78 is 17.8. The van der Waals surface area contributed by atoms with Crippen molar-refractivity contribution in [3.05, 3.63) is 59.7 Å². The van der Waals surface area contributed by atoms with Gasteiger partial charge in [-0.15, -0.1) is 0 Å². The number of carbonyl (C=O) groups is 1. The van der Waals surface area contributed by atoms with Gasteiger partial charge in [0.1, 0.15) is 11.6 Å². The second-order valence-electron chi connectivity index (χ2n) is 3.86. The first-order chi connectivity index (χ1) is 9.20. The monoisotopic (exact) mass is 260 g/mol. The molecule has 19 heavy (non-hydrogen) atoms. The number of halogens is 1. The van der Waals surface area contributed by atoms with Crippen LogP contribution in [-0.4, -0.2) is 18.0 Å². The summed E-state index contributed by atoms with van der Waals surface area (Å²) in [4.78, 5) is 15.9. The van der Waals surface area contributed by atoms with Gasteiger partial charge >= 0.3 is 0 Å². The molecule has 0 spiro atoms. The number of aromatic nitrogens is 1. The van der Waals surface area contributed by atoms with E-state index in [0.717, 1.165) is 5.56 Å². The van der Waals surface area contributed by atoms with E-state index >= 15 is 0 Å². The van der Waals surface area contributed by atoms with E-state index in [9.17, 15) is 9.18 Å². The van der Waals surface area contributed by atoms with Gasteiger partial charge in [0.25, 0.3) is 5.91 Å². The van der Waals surface area contributed by atoms with Crippen molar-refractivity contribution in [3.8, 4) is 5.75 Å². The molecule has 0 aliphatic rings. The molecule has 1 amide bonds. The van der Waals surface area contributed by atoms with Gasteiger partial charge in [-0.05, 0) is 29.8 Å². The predicted molar refractivity (Wildman–Crippen MR) is 68.4 cm³/mol. The molecule has 0 saturated heterocycles. The number of hydrogen-bond donors (Lipinski definition) is 1. The highest BCUT2D eigenvalue weighted by molar-refractivity contribution is 5.94. The zero-order chi connectivity index (χ0) is 13.7. The lowest BCUT2D eigenvalue weighted by Crippen LogP contribution is -2.24. The molecule has 1 aromatic heterocycles. The Morgan fingerprint density at radius 2 is 2.05 bits per heavy atom. The quantitative estimate of drug-likeness (QED) is 0.916. The minimum atomic E-state index is -0.332. The van der Waals surface area contributed by atoms with E-state index < -0.39 is 0 Å². The Bertz CT molecular complexity index is 570. The molecule has 4 nitrogen and oxygen atoms in total. The molecule has 1 aromatic carbocycles. The molecular formula is C14H13FN2O2. The van der Waals surface area contributed by atoms with Crippen LogP contribution in [0.4, 0.5) is 4.39 Å². The first-order valence-corrected chi connectivity index (χ1v) is 5.72. The van der Waals surface area contributed by atoms with E-state index in [1.54, 1.807) is 24.3 Å². The fourth-order valence-corrected chi connectivity index (χ4v) is 1.59. The molecule has 2 rings (SSSR count). The molecule has 0 aliphatic carbocycles. The number of pyridine rings is 1. The van der Waals surface area contributed by atoms with Crippen LogP contribution in [-0.2, 0) is 6.54 Å². The van der Waals surface area contributed by atoms with Crippen molar-refractivity contribution in [3.63, 3.8) is 0 Å². The molecule has 0 saturated carbocycles. The molecule has 5 heteroatoms. The van der Waals surface area contributed by atoms with E-state index in [1.807, 2.05) is 0 Å². The average molecular weight is 260 g/mol. The van der Waals surface area contributed by atoms with Crippen molar-refractivity contribution in [2.24, 2.45) is 0 Å². The summed E-state index contributed by atoms with van der Waals surface area (Å²) in [5, 5.41) is 2.71. The summed E-state index contributed by atoms with van der Waals surface area (Å²) in [7, 11) is 1.48. The maximum Gasteiger partial charge on any atom is 0.274 e. The highest BCUT2D eigenvalue weighted by Gasteiger charge is 2.12. The second-order valence-corrected chi connectivity index (χ2v) is 3.86. The van der Waals surface area contributed by atoms with E-state index in [0.29, 0.717) is 12.3 Å². The highest BCUT2D eigenvalue weighted by Crippen LogP contribution is 2.14. The minimum Gasteiger partial charge on any atom is -0.494 e. The summed E-state index contributed by atoms with van der Waals surface area (Å²) in [6.07, 6.45) is 1.52. The van der Waals surface area contributed by atoms with Crippen LogP contribution in [0.2, 0.25) is 0 Å². The Labute approximate surface area is 110 Å². The summed E-state index contributed by atoms with van der Waals surface area (Å²) in [5.41, 5.74) is 1.04. The molecule has 1 N–H and O–H groups in total. The molecule has 0 radical (unpaired) electrons. The van der Waals surface area contributed by atoms with Gasteiger partial charge in [-0.3, -0.25) is 4.79 Å². The fraction of sp³-hybridized carbons (Fsp3) is 0.143. The Hall–Kier alpha value is -2.43. The summed E-state index contributed by atoms with van der Waals surface area (Å²) in [5.74, 6) is -0.220. The Kier molecular flexibility index (Phi) is 4.07. The van der Waals surface area contributed by atoms with Gasteiger partial charge in [0.15, 0.2) is 5.69 Å². The summed E-state index contributed by atoms with van der Waals surface area (Å²) in [6, 6.07) is 9.29. The third-order valence-corrected chi connectivity index (χ3v) is 2.57. The molecule has 0 unspecified atom stereocenters. The van der Waals surface area contributed by atoms with Crippen molar-refractivity contribution in [2.75, 3.05) is 7.11 Å². The van der Waals surface area contributed by atoms with Crippen LogP contribution >= 0.6 is 0 Å². The molecule has 2 aromatic rings. The van der Waals surface area contributed by atoms with Gasteiger partial charge < -0.3 is 10.1 Å². The van der Waals surface area contributed by atoms with Crippen LogP contribution in [0.15, 0.2) is 42.6 Å². The number of rotatable bonds is 4. The number of methoxy groups -OCH3 is 1. The topological polar surface area (TPSA) is 51.2 Å². The Morgan fingerprint density at radius 3 is 2.74 bits per heavy atom. The first-order valence-electron chi connectivity index (χ1n) is 5.72. The summed E-state index contributed by atoms with van der Waals surface area (Å²) >= 11 is 0. The standard InChI is InChI=1S/C14H13FN2O2/c1-19-12-3-2-8-16-13(12)14(18)17-9-10-4-6-11(15)7-5-10/h2-8H,9H2,1H3,(H,17,18). The zero-order valence-corrected chi connectivity index (χ0v) is 10.4. The Morgan fingerprint density at radius 1 is 1.32 bits per heavy atom. The van der Waals surface area contributed by atoms with Crippen LogP contribution in [0.1, 0.15) is 16.1 Å². The van der Waals surface area contributed by atoms with Gasteiger partial charge in [0.05, 0.1) is 7.11 Å². The van der Waals surface area contributed by atoms with E-state index in [-0.39, 0.29) is 17.4 Å². The molecule has 98 valence electrons. The predicted octanol–water partition coefficient (Wildman–Crippen LogP) is 2.16. The van der Waals surface area contributed by atoms with E-state index in [4.69, 9.17) is 4.74 Å². The van der Waals surface area contributed by atoms with E-state index in [2.05, 4.69) is 10.3 Å². The summed E-state index contributed by atoms with van der Waals surface area (Å²) in [6.45, 7) is 0.304. The Balaban J connectivity index is 2.03. The molecule has 0 aliphatic heterocycles. The SMILES string of the molecule is COc1cccnc1C(=O)NCc1ccc(F)cc1. The number of ether oxygens (including phenoxy) is 1. The molecule has 1 heterocycles. The van der Waals surface area contributed by atoms with Gasteiger partial charge in [-0.25, -0.2) is 9.37 Å². The van der Waals surface area contributed by atoms with Crippen molar-refractivity contribution < 1.29 is 13.9 Å². The maximum atomic E-state index is 12.7. The van der Waals surface area contributed by atoms with Crippen LogP contribution in [0, 0.1) is 5.82 Å². The van der Waals surface area contributed by atoms with Crippen LogP contribution in [0.25, 0.3) is 0 Å². The minimum absolute atomic E-state index is 0.229. The third kappa shape index (κ3) is 3.28. The lowest BCUT2D eigenvalue weighted by Gasteiger charge is -2.08. The van der Waals surface area contributed by atoms with Crippen molar-refractivity contribution in [1.29, 1.82) is 0 Å². The van der Waals surface area contributed by atoms with Crippen molar-refractivity contribution in [1.82, 2.24) is 10.3 Å². The number of amides is 1. The number of benzene rings is 1. The van der Waals surface area contributed by atoms with Crippen LogP contribution in [0.3, 0.4) is 0 Å². The number of hydrogen-bond acceptors (Lipinski definition) is 3. The molecule has 0 atom stereocenters. The molecule has 0 bridgehead atoms. The van der Waals surface area contributed by atoms with Crippen LogP contribution < -0.4 is 10.1 Å². The smallest absolute Gasteiger partial charge is 0.274 e. The average Bonchev–Trinajstić information content (AvgIpc) is 2.46. The van der Waals surface area contributed by atoms with E-state index in [1.165, 1.54) is 25.4 Å². The van der Waals surface area contributed by atoms with Gasteiger partial charge in [0, 0.05) is 12.7 Å². The molecule has 0 fully saturated rings. The van der Waals surface area contributed by atoms with Crippen LogP contribution in [0.5, 0.6) is 5.75 Å². The van der Waals surface area contributed by atoms with Gasteiger partial charge in [-0.2, -0.15) is 0 Å². The largest absolute Gasteiger partial charge is 0.494 e. The van der Waals surface area contributed by atoms with Gasteiger partial charge in [-0.1, -0.05) is 12.1 Å². The third-order valence-electron chi connectivity index (χ3n) is 2.57. The first kappa shape index (κ1) is 13.0. The molecular weight excluding hydrogens is 247 g/mol. The van der Waals surface area contributed by atoms with Crippen molar-refractivity contribution in [2.45, 2.75) is 6.54 Å².